The smallest absolute Gasteiger partial charge is 0.168 e. The molecular weight excluding hydrogens is 273 g/mol. The van der Waals surface area contributed by atoms with Crippen LogP contribution in [-0.4, -0.2) is 13.2 Å². The average Bonchev–Trinajstić information content (AvgIpc) is 3.02. The third kappa shape index (κ3) is 1.74. The maximum absolute atomic E-state index is 14.1. The Hall–Kier alpha value is -0.610. The summed E-state index contributed by atoms with van der Waals surface area (Å²) in [6.07, 6.45) is 1.89. The number of benzene rings is 1. The van der Waals surface area contributed by atoms with Crippen molar-refractivity contribution in [2.24, 2.45) is 5.73 Å². The lowest BCUT2D eigenvalue weighted by Gasteiger charge is -2.22. The normalized spacial score (nSPS) is 19.3. The Labute approximate surface area is 103 Å². The highest BCUT2D eigenvalue weighted by atomic mass is 79.9. The molecule has 88 valence electrons. The monoisotopic (exact) mass is 287 g/mol. The summed E-state index contributed by atoms with van der Waals surface area (Å²) in [6, 6.07) is 3.41. The van der Waals surface area contributed by atoms with Gasteiger partial charge < -0.3 is 10.5 Å². The van der Waals surface area contributed by atoms with Crippen molar-refractivity contribution in [2.75, 3.05) is 7.11 Å². The third-order valence-electron chi connectivity index (χ3n) is 3.42. The number of ether oxygens (including phenoxy) is 1. The molecule has 0 aliphatic heterocycles. The van der Waals surface area contributed by atoms with Crippen LogP contribution in [0.4, 0.5) is 4.39 Å². The quantitative estimate of drug-likeness (QED) is 0.928. The van der Waals surface area contributed by atoms with Crippen molar-refractivity contribution in [3.8, 4) is 5.75 Å². The molecule has 0 saturated heterocycles. The minimum atomic E-state index is -0.277. The van der Waals surface area contributed by atoms with Crippen LogP contribution in [0.25, 0.3) is 0 Å². The molecule has 1 saturated carbocycles. The molecule has 0 heterocycles. The molecule has 0 aromatic heterocycles. The maximum atomic E-state index is 14.1. The third-order valence-corrected chi connectivity index (χ3v) is 3.88. The largest absolute Gasteiger partial charge is 0.494 e. The minimum absolute atomic E-state index is 0.0407. The fourth-order valence-corrected chi connectivity index (χ4v) is 2.62. The molecule has 1 aliphatic rings. The fraction of sp³-hybridized carbons (Fsp3) is 0.500. The fourth-order valence-electron chi connectivity index (χ4n) is 2.18. The van der Waals surface area contributed by atoms with Crippen LogP contribution in [0.5, 0.6) is 5.75 Å². The summed E-state index contributed by atoms with van der Waals surface area (Å²) in [5.41, 5.74) is 6.43. The van der Waals surface area contributed by atoms with Crippen LogP contribution < -0.4 is 10.5 Å². The Morgan fingerprint density at radius 2 is 2.12 bits per heavy atom. The molecule has 16 heavy (non-hydrogen) atoms. The lowest BCUT2D eigenvalue weighted by atomic mass is 9.89. The van der Waals surface area contributed by atoms with Crippen molar-refractivity contribution < 1.29 is 9.13 Å². The highest BCUT2D eigenvalue weighted by Crippen LogP contribution is 2.52. The second kappa shape index (κ2) is 4.00. The van der Waals surface area contributed by atoms with E-state index >= 15 is 0 Å². The topological polar surface area (TPSA) is 35.2 Å². The Kier molecular flexibility index (Phi) is 2.97. The summed E-state index contributed by atoms with van der Waals surface area (Å²) in [5.74, 6) is -0.00296. The molecule has 1 aliphatic carbocycles. The molecule has 1 atom stereocenters. The van der Waals surface area contributed by atoms with E-state index in [4.69, 9.17) is 10.5 Å². The number of halogens is 2. The first kappa shape index (κ1) is 11.9. The summed E-state index contributed by atoms with van der Waals surface area (Å²) >= 11 is 3.37. The standard InChI is InChI=1S/C12H15BrFNO/c1-7(15)12(3-4-12)9-5-8(13)6-10(16-2)11(9)14/h5-7H,3-4,15H2,1-2H3. The lowest BCUT2D eigenvalue weighted by molar-refractivity contribution is 0.378. The molecule has 1 unspecified atom stereocenters. The van der Waals surface area contributed by atoms with Crippen molar-refractivity contribution in [2.45, 2.75) is 31.2 Å². The Morgan fingerprint density at radius 3 is 2.56 bits per heavy atom. The van der Waals surface area contributed by atoms with Crippen LogP contribution in [0.2, 0.25) is 0 Å². The number of hydrogen-bond donors (Lipinski definition) is 1. The molecule has 2 rings (SSSR count). The molecular formula is C12H15BrFNO. The predicted octanol–water partition coefficient (Wildman–Crippen LogP) is 2.98. The van der Waals surface area contributed by atoms with Gasteiger partial charge >= 0.3 is 0 Å². The van der Waals surface area contributed by atoms with Crippen LogP contribution in [0.1, 0.15) is 25.3 Å². The number of nitrogens with two attached hydrogens (primary N) is 1. The summed E-state index contributed by atoms with van der Waals surface area (Å²) < 4.78 is 20.0. The zero-order chi connectivity index (χ0) is 11.9. The number of hydrogen-bond acceptors (Lipinski definition) is 2. The first-order chi connectivity index (χ1) is 7.51. The average molecular weight is 288 g/mol. The molecule has 2 N–H and O–H groups in total. The highest BCUT2D eigenvalue weighted by Gasteiger charge is 2.49. The van der Waals surface area contributed by atoms with Gasteiger partial charge in [-0.1, -0.05) is 15.9 Å². The summed E-state index contributed by atoms with van der Waals surface area (Å²) in [5, 5.41) is 0. The molecule has 1 fully saturated rings. The van der Waals surface area contributed by atoms with Crippen molar-refractivity contribution in [3.05, 3.63) is 28.0 Å². The van der Waals surface area contributed by atoms with Gasteiger partial charge in [-0.3, -0.25) is 0 Å². The van der Waals surface area contributed by atoms with Gasteiger partial charge in [0.25, 0.3) is 0 Å². The zero-order valence-electron chi connectivity index (χ0n) is 9.39. The Bertz CT molecular complexity index is 416. The Balaban J connectivity index is 2.53. The first-order valence-corrected chi connectivity index (χ1v) is 6.09. The zero-order valence-corrected chi connectivity index (χ0v) is 11.0. The van der Waals surface area contributed by atoms with E-state index in [1.165, 1.54) is 7.11 Å². The van der Waals surface area contributed by atoms with Gasteiger partial charge in [-0.2, -0.15) is 0 Å². The van der Waals surface area contributed by atoms with E-state index < -0.39 is 0 Å². The minimum Gasteiger partial charge on any atom is -0.494 e. The van der Waals surface area contributed by atoms with Crippen LogP contribution in [0.15, 0.2) is 16.6 Å². The second-order valence-electron chi connectivity index (χ2n) is 4.41. The summed E-state index contributed by atoms with van der Waals surface area (Å²) in [6.45, 7) is 1.93. The number of methoxy groups -OCH3 is 1. The molecule has 4 heteroatoms. The maximum Gasteiger partial charge on any atom is 0.168 e. The van der Waals surface area contributed by atoms with Gasteiger partial charge in [-0.05, 0) is 31.9 Å². The van der Waals surface area contributed by atoms with Gasteiger partial charge in [-0.15, -0.1) is 0 Å². The van der Waals surface area contributed by atoms with E-state index in [1.54, 1.807) is 6.07 Å². The first-order valence-electron chi connectivity index (χ1n) is 5.30. The van der Waals surface area contributed by atoms with Crippen LogP contribution in [-0.2, 0) is 5.41 Å². The van der Waals surface area contributed by atoms with Crippen LogP contribution >= 0.6 is 15.9 Å². The van der Waals surface area contributed by atoms with E-state index in [0.29, 0.717) is 5.56 Å². The molecule has 1 aromatic carbocycles. The molecule has 0 spiro atoms. The van der Waals surface area contributed by atoms with Crippen molar-refractivity contribution in [3.63, 3.8) is 0 Å². The van der Waals surface area contributed by atoms with Crippen molar-refractivity contribution >= 4 is 15.9 Å². The van der Waals surface area contributed by atoms with Gasteiger partial charge in [-0.25, -0.2) is 4.39 Å². The SMILES string of the molecule is COc1cc(Br)cc(C2(C(C)N)CC2)c1F. The van der Waals surface area contributed by atoms with E-state index in [9.17, 15) is 4.39 Å². The predicted molar refractivity (Wildman–Crippen MR) is 65.2 cm³/mol. The van der Waals surface area contributed by atoms with E-state index in [-0.39, 0.29) is 23.0 Å². The molecule has 0 radical (unpaired) electrons. The van der Waals surface area contributed by atoms with Gasteiger partial charge in [0, 0.05) is 21.5 Å². The van der Waals surface area contributed by atoms with Gasteiger partial charge in [0.05, 0.1) is 7.11 Å². The summed E-state index contributed by atoms with van der Waals surface area (Å²) in [7, 11) is 1.47. The molecule has 0 amide bonds. The van der Waals surface area contributed by atoms with E-state index in [1.807, 2.05) is 13.0 Å². The van der Waals surface area contributed by atoms with E-state index in [0.717, 1.165) is 17.3 Å². The van der Waals surface area contributed by atoms with Crippen LogP contribution in [0, 0.1) is 5.82 Å². The van der Waals surface area contributed by atoms with Crippen molar-refractivity contribution in [1.29, 1.82) is 0 Å². The van der Waals surface area contributed by atoms with Crippen LogP contribution in [0.3, 0.4) is 0 Å². The molecule has 0 bridgehead atoms. The molecule has 1 aromatic rings. The van der Waals surface area contributed by atoms with Crippen molar-refractivity contribution in [1.82, 2.24) is 0 Å². The number of rotatable bonds is 3. The second-order valence-corrected chi connectivity index (χ2v) is 5.33. The summed E-state index contributed by atoms with van der Waals surface area (Å²) in [4.78, 5) is 0. The highest BCUT2D eigenvalue weighted by molar-refractivity contribution is 9.10. The van der Waals surface area contributed by atoms with Gasteiger partial charge in [0.15, 0.2) is 11.6 Å². The Morgan fingerprint density at radius 1 is 1.50 bits per heavy atom. The lowest BCUT2D eigenvalue weighted by Crippen LogP contribution is -2.32. The van der Waals surface area contributed by atoms with Gasteiger partial charge in [0.2, 0.25) is 0 Å². The molecule has 2 nitrogen and oxygen atoms in total. The van der Waals surface area contributed by atoms with Gasteiger partial charge in [0.1, 0.15) is 0 Å². The van der Waals surface area contributed by atoms with E-state index in [2.05, 4.69) is 15.9 Å².